The Balaban J connectivity index is 1.87. The van der Waals surface area contributed by atoms with E-state index in [4.69, 9.17) is 11.6 Å². The maximum atomic E-state index is 10.6. The van der Waals surface area contributed by atoms with Crippen molar-refractivity contribution in [1.82, 2.24) is 5.32 Å². The molecule has 2 aromatic carbocycles. The van der Waals surface area contributed by atoms with E-state index in [1.807, 2.05) is 12.1 Å². The number of aryl methyl sites for hydroxylation is 1. The number of hydrogen-bond acceptors (Lipinski definition) is 3. The van der Waals surface area contributed by atoms with Crippen LogP contribution in [-0.2, 0) is 13.0 Å². The number of nitro benzene ring substituents is 1. The molecule has 0 radical (unpaired) electrons. The number of halogens is 1. The largest absolute Gasteiger partial charge is 0.312 e. The molecule has 0 fully saturated rings. The van der Waals surface area contributed by atoms with E-state index in [2.05, 4.69) is 24.4 Å². The molecular weight excluding hydrogens is 288 g/mol. The minimum atomic E-state index is -0.443. The lowest BCUT2D eigenvalue weighted by molar-refractivity contribution is -0.384. The number of nitro groups is 1. The maximum absolute atomic E-state index is 10.6. The molecule has 2 aromatic rings. The van der Waals surface area contributed by atoms with E-state index in [0.717, 1.165) is 18.5 Å². The second-order valence-electron chi connectivity index (χ2n) is 4.89. The van der Waals surface area contributed by atoms with Crippen LogP contribution in [-0.4, -0.2) is 11.5 Å². The quantitative estimate of drug-likeness (QED) is 0.500. The van der Waals surface area contributed by atoms with Crippen LogP contribution in [0.2, 0.25) is 5.02 Å². The molecule has 5 heteroatoms. The summed E-state index contributed by atoms with van der Waals surface area (Å²) in [5, 5.41) is 14.4. The van der Waals surface area contributed by atoms with Gasteiger partial charge in [0.05, 0.1) is 9.95 Å². The van der Waals surface area contributed by atoms with Crippen molar-refractivity contribution >= 4 is 17.3 Å². The molecular formula is C16H17ClN2O2. The Morgan fingerprint density at radius 3 is 2.62 bits per heavy atom. The number of benzene rings is 2. The first-order valence-electron chi connectivity index (χ1n) is 6.76. The fourth-order valence-electron chi connectivity index (χ4n) is 2.13. The fourth-order valence-corrected chi connectivity index (χ4v) is 2.37. The van der Waals surface area contributed by atoms with Crippen LogP contribution >= 0.6 is 11.6 Å². The Bertz CT molecular complexity index is 644. The molecule has 21 heavy (non-hydrogen) atoms. The standard InChI is InChI=1S/C16H17ClN2O2/c1-12-4-2-3-5-13(12)8-9-18-11-14-6-7-15(19(20)21)10-16(14)17/h2-7,10,18H,8-9,11H2,1H3. The smallest absolute Gasteiger partial charge is 0.270 e. The van der Waals surface area contributed by atoms with Crippen LogP contribution < -0.4 is 5.32 Å². The lowest BCUT2D eigenvalue weighted by atomic mass is 10.1. The summed E-state index contributed by atoms with van der Waals surface area (Å²) in [5.41, 5.74) is 3.49. The predicted octanol–water partition coefficient (Wildman–Crippen LogP) is 3.89. The van der Waals surface area contributed by atoms with Crippen molar-refractivity contribution < 1.29 is 4.92 Å². The lowest BCUT2D eigenvalue weighted by Crippen LogP contribution is -2.17. The average Bonchev–Trinajstić information content (AvgIpc) is 2.46. The first-order chi connectivity index (χ1) is 10.1. The zero-order valence-corrected chi connectivity index (χ0v) is 12.6. The Kier molecular flexibility index (Phi) is 5.31. The van der Waals surface area contributed by atoms with Gasteiger partial charge in [-0.2, -0.15) is 0 Å². The van der Waals surface area contributed by atoms with Crippen LogP contribution in [0, 0.1) is 17.0 Å². The lowest BCUT2D eigenvalue weighted by Gasteiger charge is -2.08. The van der Waals surface area contributed by atoms with Crippen molar-refractivity contribution in [3.63, 3.8) is 0 Å². The molecule has 0 amide bonds. The number of hydrogen-bond donors (Lipinski definition) is 1. The topological polar surface area (TPSA) is 55.2 Å². The van der Waals surface area contributed by atoms with E-state index in [9.17, 15) is 10.1 Å². The van der Waals surface area contributed by atoms with Crippen molar-refractivity contribution in [2.45, 2.75) is 19.9 Å². The summed E-state index contributed by atoms with van der Waals surface area (Å²) >= 11 is 6.05. The van der Waals surface area contributed by atoms with Crippen LogP contribution in [0.3, 0.4) is 0 Å². The highest BCUT2D eigenvalue weighted by Gasteiger charge is 2.08. The Hall–Kier alpha value is -1.91. The van der Waals surface area contributed by atoms with Gasteiger partial charge in [0.15, 0.2) is 0 Å². The van der Waals surface area contributed by atoms with Crippen molar-refractivity contribution in [2.24, 2.45) is 0 Å². The van der Waals surface area contributed by atoms with Crippen molar-refractivity contribution in [3.8, 4) is 0 Å². The van der Waals surface area contributed by atoms with Crippen LogP contribution in [0.1, 0.15) is 16.7 Å². The molecule has 110 valence electrons. The number of rotatable bonds is 6. The zero-order chi connectivity index (χ0) is 15.2. The van der Waals surface area contributed by atoms with E-state index in [0.29, 0.717) is 11.6 Å². The van der Waals surface area contributed by atoms with Gasteiger partial charge in [0.1, 0.15) is 0 Å². The maximum Gasteiger partial charge on any atom is 0.270 e. The molecule has 0 saturated heterocycles. The van der Waals surface area contributed by atoms with Gasteiger partial charge in [-0.3, -0.25) is 10.1 Å². The molecule has 0 aliphatic rings. The molecule has 4 nitrogen and oxygen atoms in total. The molecule has 0 atom stereocenters. The molecule has 0 bridgehead atoms. The number of nitrogens with zero attached hydrogens (tertiary/aromatic N) is 1. The average molecular weight is 305 g/mol. The molecule has 0 aromatic heterocycles. The number of non-ortho nitro benzene ring substituents is 1. The molecule has 0 heterocycles. The highest BCUT2D eigenvalue weighted by Crippen LogP contribution is 2.22. The van der Waals surface area contributed by atoms with E-state index in [1.54, 1.807) is 6.07 Å². The Morgan fingerprint density at radius 2 is 1.95 bits per heavy atom. The molecule has 2 rings (SSSR count). The summed E-state index contributed by atoms with van der Waals surface area (Å²) in [5.74, 6) is 0. The molecule has 0 aliphatic carbocycles. The molecule has 0 spiro atoms. The van der Waals surface area contributed by atoms with Crippen molar-refractivity contribution in [1.29, 1.82) is 0 Å². The highest BCUT2D eigenvalue weighted by molar-refractivity contribution is 6.31. The second kappa shape index (κ2) is 7.20. The normalized spacial score (nSPS) is 10.6. The van der Waals surface area contributed by atoms with Gasteiger partial charge in [0, 0.05) is 18.7 Å². The van der Waals surface area contributed by atoms with Crippen LogP contribution in [0.4, 0.5) is 5.69 Å². The van der Waals surface area contributed by atoms with Gasteiger partial charge in [-0.15, -0.1) is 0 Å². The van der Waals surface area contributed by atoms with Gasteiger partial charge in [0.2, 0.25) is 0 Å². The van der Waals surface area contributed by atoms with Crippen molar-refractivity contribution in [2.75, 3.05) is 6.54 Å². The molecule has 0 unspecified atom stereocenters. The van der Waals surface area contributed by atoms with E-state index >= 15 is 0 Å². The van der Waals surface area contributed by atoms with E-state index in [1.165, 1.54) is 23.3 Å². The first kappa shape index (κ1) is 15.5. The highest BCUT2D eigenvalue weighted by atomic mass is 35.5. The Morgan fingerprint density at radius 1 is 1.19 bits per heavy atom. The SMILES string of the molecule is Cc1ccccc1CCNCc1ccc([N+](=O)[O-])cc1Cl. The van der Waals surface area contributed by atoms with Gasteiger partial charge in [-0.1, -0.05) is 35.9 Å². The number of nitrogens with one attached hydrogen (secondary N) is 1. The van der Waals surface area contributed by atoms with Crippen LogP contribution in [0.5, 0.6) is 0 Å². The van der Waals surface area contributed by atoms with Gasteiger partial charge in [-0.25, -0.2) is 0 Å². The summed E-state index contributed by atoms with van der Waals surface area (Å²) < 4.78 is 0. The summed E-state index contributed by atoms with van der Waals surface area (Å²) in [6.45, 7) is 3.53. The molecule has 0 saturated carbocycles. The van der Waals surface area contributed by atoms with Gasteiger partial charge >= 0.3 is 0 Å². The third-order valence-electron chi connectivity index (χ3n) is 3.40. The summed E-state index contributed by atoms with van der Waals surface area (Å²) in [4.78, 5) is 10.2. The van der Waals surface area contributed by atoms with Gasteiger partial charge in [0.25, 0.3) is 5.69 Å². The monoisotopic (exact) mass is 304 g/mol. The first-order valence-corrected chi connectivity index (χ1v) is 7.14. The van der Waals surface area contributed by atoms with E-state index < -0.39 is 4.92 Å². The third kappa shape index (κ3) is 4.28. The minimum Gasteiger partial charge on any atom is -0.312 e. The third-order valence-corrected chi connectivity index (χ3v) is 3.75. The van der Waals surface area contributed by atoms with Crippen LogP contribution in [0.15, 0.2) is 42.5 Å². The minimum absolute atomic E-state index is 0.0173. The molecule has 1 N–H and O–H groups in total. The van der Waals surface area contributed by atoms with Crippen molar-refractivity contribution in [3.05, 3.63) is 74.3 Å². The summed E-state index contributed by atoms with van der Waals surface area (Å²) in [7, 11) is 0. The van der Waals surface area contributed by atoms with Gasteiger partial charge < -0.3 is 5.32 Å². The van der Waals surface area contributed by atoms with E-state index in [-0.39, 0.29) is 5.69 Å². The predicted molar refractivity (Wildman–Crippen MR) is 84.7 cm³/mol. The van der Waals surface area contributed by atoms with Crippen LogP contribution in [0.25, 0.3) is 0 Å². The van der Waals surface area contributed by atoms with Gasteiger partial charge in [-0.05, 0) is 42.6 Å². The molecule has 0 aliphatic heterocycles. The Labute approximate surface area is 128 Å². The second-order valence-corrected chi connectivity index (χ2v) is 5.29. The zero-order valence-electron chi connectivity index (χ0n) is 11.8. The fraction of sp³-hybridized carbons (Fsp3) is 0.250. The summed E-state index contributed by atoms with van der Waals surface area (Å²) in [6.07, 6.45) is 0.942. The summed E-state index contributed by atoms with van der Waals surface area (Å²) in [6, 6.07) is 12.8.